The van der Waals surface area contributed by atoms with E-state index in [1.807, 2.05) is 23.1 Å². The lowest BCUT2D eigenvalue weighted by Crippen LogP contribution is -2.04. The maximum absolute atomic E-state index is 13.2. The number of nitrogen functional groups attached to an aromatic ring is 1. The molecule has 0 bridgehead atoms. The molecule has 0 saturated carbocycles. The van der Waals surface area contributed by atoms with E-state index in [-0.39, 0.29) is 5.82 Å². The van der Waals surface area contributed by atoms with E-state index in [1.54, 1.807) is 18.2 Å². The molecule has 0 atom stereocenters. The number of hydrogen-bond donors (Lipinski definition) is 1. The van der Waals surface area contributed by atoms with Crippen LogP contribution in [-0.4, -0.2) is 14.3 Å². The molecule has 0 radical (unpaired) electrons. The van der Waals surface area contributed by atoms with Gasteiger partial charge in [0.25, 0.3) is 0 Å². The van der Waals surface area contributed by atoms with Crippen LogP contribution in [0.25, 0.3) is 10.9 Å². The summed E-state index contributed by atoms with van der Waals surface area (Å²) in [5.74, 6) is 0.334. The fourth-order valence-corrected chi connectivity index (χ4v) is 2.26. The van der Waals surface area contributed by atoms with Crippen LogP contribution in [0.15, 0.2) is 42.7 Å². The summed E-state index contributed by atoms with van der Waals surface area (Å²) >= 11 is 0. The Labute approximate surface area is 110 Å². The number of nitrogens with two attached hydrogens (primary N) is 1. The Morgan fingerprint density at radius 2 is 2.00 bits per heavy atom. The normalized spacial score (nSPS) is 11.2. The Morgan fingerprint density at radius 3 is 2.79 bits per heavy atom. The fourth-order valence-electron chi connectivity index (χ4n) is 2.26. The Bertz CT molecular complexity index is 698. The second-order valence-corrected chi connectivity index (χ2v) is 4.57. The third-order valence-corrected chi connectivity index (χ3v) is 3.18. The third-order valence-electron chi connectivity index (χ3n) is 3.18. The SMILES string of the molecule is Nc1ccn(CCCn2ccc3ccc(F)cc32)n1. The minimum absolute atomic E-state index is 0.202. The molecule has 0 amide bonds. The van der Waals surface area contributed by atoms with Crippen molar-refractivity contribution in [2.24, 2.45) is 0 Å². The average Bonchev–Trinajstić information content (AvgIpc) is 2.97. The monoisotopic (exact) mass is 258 g/mol. The quantitative estimate of drug-likeness (QED) is 0.782. The molecule has 0 spiro atoms. The Hall–Kier alpha value is -2.30. The Balaban J connectivity index is 1.70. The number of benzene rings is 1. The second-order valence-electron chi connectivity index (χ2n) is 4.57. The number of aryl methyl sites for hydroxylation is 2. The van der Waals surface area contributed by atoms with Gasteiger partial charge in [-0.15, -0.1) is 0 Å². The van der Waals surface area contributed by atoms with Crippen LogP contribution in [0.3, 0.4) is 0 Å². The van der Waals surface area contributed by atoms with Gasteiger partial charge in [0.2, 0.25) is 0 Å². The smallest absolute Gasteiger partial charge is 0.145 e. The lowest BCUT2D eigenvalue weighted by molar-refractivity contribution is 0.534. The van der Waals surface area contributed by atoms with E-state index in [4.69, 9.17) is 5.73 Å². The molecule has 3 rings (SSSR count). The molecule has 2 aromatic heterocycles. The van der Waals surface area contributed by atoms with Gasteiger partial charge in [0.15, 0.2) is 0 Å². The van der Waals surface area contributed by atoms with Crippen LogP contribution in [0.2, 0.25) is 0 Å². The van der Waals surface area contributed by atoms with E-state index in [9.17, 15) is 4.39 Å². The summed E-state index contributed by atoms with van der Waals surface area (Å²) in [5.41, 5.74) is 6.49. The van der Waals surface area contributed by atoms with E-state index >= 15 is 0 Å². The summed E-state index contributed by atoms with van der Waals surface area (Å²) < 4.78 is 17.1. The van der Waals surface area contributed by atoms with E-state index < -0.39 is 0 Å². The van der Waals surface area contributed by atoms with Crippen LogP contribution in [-0.2, 0) is 13.1 Å². The Morgan fingerprint density at radius 1 is 1.11 bits per heavy atom. The first kappa shape index (κ1) is 11.8. The molecule has 0 unspecified atom stereocenters. The van der Waals surface area contributed by atoms with Crippen LogP contribution in [0.4, 0.5) is 10.2 Å². The van der Waals surface area contributed by atoms with Crippen molar-refractivity contribution in [3.05, 3.63) is 48.5 Å². The van der Waals surface area contributed by atoms with Gasteiger partial charge in [0, 0.05) is 25.5 Å². The highest BCUT2D eigenvalue weighted by Gasteiger charge is 2.02. The molecule has 0 fully saturated rings. The molecule has 2 heterocycles. The van der Waals surface area contributed by atoms with E-state index in [0.717, 1.165) is 30.4 Å². The molecule has 0 aliphatic carbocycles. The highest BCUT2D eigenvalue weighted by molar-refractivity contribution is 5.80. The number of nitrogens with zero attached hydrogens (tertiary/aromatic N) is 3. The van der Waals surface area contributed by atoms with Crippen molar-refractivity contribution in [2.75, 3.05) is 5.73 Å². The molecule has 98 valence electrons. The number of aromatic nitrogens is 3. The van der Waals surface area contributed by atoms with Crippen LogP contribution in [0.5, 0.6) is 0 Å². The van der Waals surface area contributed by atoms with Crippen LogP contribution in [0, 0.1) is 5.82 Å². The van der Waals surface area contributed by atoms with Gasteiger partial charge in [-0.2, -0.15) is 5.10 Å². The third kappa shape index (κ3) is 2.45. The maximum atomic E-state index is 13.2. The summed E-state index contributed by atoms with van der Waals surface area (Å²) in [7, 11) is 0. The lowest BCUT2D eigenvalue weighted by Gasteiger charge is -2.06. The first-order chi connectivity index (χ1) is 9.22. The van der Waals surface area contributed by atoms with E-state index in [0.29, 0.717) is 5.82 Å². The van der Waals surface area contributed by atoms with Gasteiger partial charge < -0.3 is 10.3 Å². The van der Waals surface area contributed by atoms with Crippen molar-refractivity contribution < 1.29 is 4.39 Å². The molecule has 0 saturated heterocycles. The van der Waals surface area contributed by atoms with Gasteiger partial charge in [-0.3, -0.25) is 4.68 Å². The summed E-state index contributed by atoms with van der Waals surface area (Å²) in [6, 6.07) is 8.64. The van der Waals surface area contributed by atoms with Gasteiger partial charge in [-0.05, 0) is 42.1 Å². The summed E-state index contributed by atoms with van der Waals surface area (Å²) in [6.45, 7) is 1.62. The maximum Gasteiger partial charge on any atom is 0.145 e. The second kappa shape index (κ2) is 4.76. The molecule has 3 aromatic rings. The first-order valence-electron chi connectivity index (χ1n) is 6.26. The minimum Gasteiger partial charge on any atom is -0.382 e. The molecule has 2 N–H and O–H groups in total. The summed E-state index contributed by atoms with van der Waals surface area (Å²) in [5, 5.41) is 5.19. The highest BCUT2D eigenvalue weighted by Crippen LogP contribution is 2.17. The van der Waals surface area contributed by atoms with Crippen LogP contribution < -0.4 is 5.73 Å². The van der Waals surface area contributed by atoms with Gasteiger partial charge in [0.05, 0.1) is 5.52 Å². The van der Waals surface area contributed by atoms with Crippen molar-refractivity contribution in [3.8, 4) is 0 Å². The number of halogens is 1. The largest absolute Gasteiger partial charge is 0.382 e. The van der Waals surface area contributed by atoms with Crippen molar-refractivity contribution in [1.82, 2.24) is 14.3 Å². The standard InChI is InChI=1S/C14H15FN4/c15-12-3-2-11-4-8-18(13(11)10-12)6-1-7-19-9-5-14(16)17-19/h2-5,8-10H,1,6-7H2,(H2,16,17). The van der Waals surface area contributed by atoms with Gasteiger partial charge >= 0.3 is 0 Å². The number of hydrogen-bond acceptors (Lipinski definition) is 2. The van der Waals surface area contributed by atoms with Gasteiger partial charge in [-0.1, -0.05) is 0 Å². The summed E-state index contributed by atoms with van der Waals surface area (Å²) in [4.78, 5) is 0. The topological polar surface area (TPSA) is 48.8 Å². The molecule has 0 aliphatic heterocycles. The zero-order chi connectivity index (χ0) is 13.2. The van der Waals surface area contributed by atoms with Gasteiger partial charge in [0.1, 0.15) is 11.6 Å². The van der Waals surface area contributed by atoms with E-state index in [1.165, 1.54) is 6.07 Å². The molecule has 5 heteroatoms. The number of fused-ring (bicyclic) bond motifs is 1. The molecule has 4 nitrogen and oxygen atoms in total. The molecule has 19 heavy (non-hydrogen) atoms. The Kier molecular flexibility index (Phi) is 2.95. The lowest BCUT2D eigenvalue weighted by atomic mass is 10.2. The molecule has 1 aromatic carbocycles. The summed E-state index contributed by atoms with van der Waals surface area (Å²) in [6.07, 6.45) is 4.77. The van der Waals surface area contributed by atoms with Crippen molar-refractivity contribution >= 4 is 16.7 Å². The number of rotatable bonds is 4. The van der Waals surface area contributed by atoms with Crippen molar-refractivity contribution in [2.45, 2.75) is 19.5 Å². The zero-order valence-corrected chi connectivity index (χ0v) is 10.5. The first-order valence-corrected chi connectivity index (χ1v) is 6.26. The zero-order valence-electron chi connectivity index (χ0n) is 10.5. The van der Waals surface area contributed by atoms with Crippen molar-refractivity contribution in [1.29, 1.82) is 0 Å². The van der Waals surface area contributed by atoms with E-state index in [2.05, 4.69) is 9.67 Å². The minimum atomic E-state index is -0.202. The van der Waals surface area contributed by atoms with Crippen LogP contribution >= 0.6 is 0 Å². The number of anilines is 1. The predicted molar refractivity (Wildman–Crippen MR) is 73.2 cm³/mol. The molecule has 0 aliphatic rings. The van der Waals surface area contributed by atoms with Gasteiger partial charge in [-0.25, -0.2) is 4.39 Å². The van der Waals surface area contributed by atoms with Crippen LogP contribution in [0.1, 0.15) is 6.42 Å². The highest BCUT2D eigenvalue weighted by atomic mass is 19.1. The average molecular weight is 258 g/mol. The fraction of sp³-hybridized carbons (Fsp3) is 0.214. The van der Waals surface area contributed by atoms with Crippen molar-refractivity contribution in [3.63, 3.8) is 0 Å². The molecular formula is C14H15FN4. The predicted octanol–water partition coefficient (Wildman–Crippen LogP) is 2.65. The molecular weight excluding hydrogens is 243 g/mol.